The first-order valence-electron chi connectivity index (χ1n) is 8.60. The van der Waals surface area contributed by atoms with Crippen LogP contribution in [0.4, 0.5) is 0 Å². The van der Waals surface area contributed by atoms with Crippen LogP contribution in [-0.4, -0.2) is 26.9 Å². The van der Waals surface area contributed by atoms with E-state index in [-0.39, 0.29) is 12.5 Å². The number of hydrogen-bond donors (Lipinski definition) is 1. The predicted molar refractivity (Wildman–Crippen MR) is 92.0 cm³/mol. The summed E-state index contributed by atoms with van der Waals surface area (Å²) in [5.74, 6) is 2.87. The molecule has 0 fully saturated rings. The van der Waals surface area contributed by atoms with Crippen LogP contribution >= 0.6 is 0 Å². The Labute approximate surface area is 142 Å². The maximum absolute atomic E-state index is 9.64. The minimum Gasteiger partial charge on any atom is -0.421 e. The second-order valence-electron chi connectivity index (χ2n) is 7.04. The summed E-state index contributed by atoms with van der Waals surface area (Å²) in [6.45, 7) is 6.82. The van der Waals surface area contributed by atoms with Gasteiger partial charge in [0.1, 0.15) is 0 Å². The topological polar surface area (TPSA) is 72.0 Å². The predicted octanol–water partition coefficient (Wildman–Crippen LogP) is 3.52. The summed E-state index contributed by atoms with van der Waals surface area (Å²) >= 11 is 0. The molecule has 3 unspecified atom stereocenters. The first-order chi connectivity index (χ1) is 11.6. The average molecular weight is 327 g/mol. The number of aliphatic hydroxyl groups excluding tert-OH is 1. The Bertz CT molecular complexity index is 694. The largest absolute Gasteiger partial charge is 0.421 e. The van der Waals surface area contributed by atoms with Crippen LogP contribution < -0.4 is 0 Å². The normalized spacial score (nSPS) is 24.2. The smallest absolute Gasteiger partial charge is 0.249 e. The Morgan fingerprint density at radius 2 is 2.17 bits per heavy atom. The van der Waals surface area contributed by atoms with Crippen molar-refractivity contribution in [2.24, 2.45) is 23.7 Å². The summed E-state index contributed by atoms with van der Waals surface area (Å²) in [5.41, 5.74) is 2.15. The van der Waals surface area contributed by atoms with Crippen molar-refractivity contribution in [2.45, 2.75) is 33.6 Å². The molecule has 0 saturated carbocycles. The van der Waals surface area contributed by atoms with E-state index in [0.717, 1.165) is 18.4 Å². The molecule has 3 rings (SSSR count). The Morgan fingerprint density at radius 1 is 1.33 bits per heavy atom. The second-order valence-corrected chi connectivity index (χ2v) is 7.04. The van der Waals surface area contributed by atoms with Crippen molar-refractivity contribution in [3.8, 4) is 11.5 Å². The fourth-order valence-electron chi connectivity index (χ4n) is 3.64. The molecule has 128 valence electrons. The van der Waals surface area contributed by atoms with Crippen molar-refractivity contribution in [3.05, 3.63) is 42.1 Å². The van der Waals surface area contributed by atoms with Gasteiger partial charge in [0.2, 0.25) is 11.8 Å². The molecule has 5 nitrogen and oxygen atoms in total. The third-order valence-electron chi connectivity index (χ3n) is 5.09. The van der Waals surface area contributed by atoms with Crippen LogP contribution in [0.1, 0.15) is 33.1 Å². The Kier molecular flexibility index (Phi) is 5.09. The van der Waals surface area contributed by atoms with Gasteiger partial charge in [-0.05, 0) is 43.2 Å². The molecule has 2 aromatic heterocycles. The number of aromatic nitrogens is 3. The molecule has 24 heavy (non-hydrogen) atoms. The molecule has 0 saturated heterocycles. The van der Waals surface area contributed by atoms with Crippen molar-refractivity contribution in [1.82, 2.24) is 15.2 Å². The van der Waals surface area contributed by atoms with Gasteiger partial charge in [-0.25, -0.2) is 0 Å². The van der Waals surface area contributed by atoms with Gasteiger partial charge in [0.05, 0.1) is 5.56 Å². The molecule has 5 heteroatoms. The van der Waals surface area contributed by atoms with Crippen molar-refractivity contribution in [2.75, 3.05) is 6.61 Å². The maximum Gasteiger partial charge on any atom is 0.249 e. The van der Waals surface area contributed by atoms with Crippen molar-refractivity contribution < 1.29 is 9.52 Å². The van der Waals surface area contributed by atoms with Crippen molar-refractivity contribution in [3.63, 3.8) is 0 Å². The van der Waals surface area contributed by atoms with E-state index in [2.05, 4.69) is 42.0 Å². The lowest BCUT2D eigenvalue weighted by molar-refractivity contribution is 0.147. The SMILES string of the molecule is CC1=CC(CO)C(C(C)C)CC1Cc1nnc(-c2cccnc2)o1. The van der Waals surface area contributed by atoms with Gasteiger partial charge in [-0.1, -0.05) is 25.5 Å². The lowest BCUT2D eigenvalue weighted by Gasteiger charge is -2.36. The van der Waals surface area contributed by atoms with Gasteiger partial charge in [-0.15, -0.1) is 10.2 Å². The number of allylic oxidation sites excluding steroid dienone is 1. The maximum atomic E-state index is 9.64. The molecule has 0 spiro atoms. The summed E-state index contributed by atoms with van der Waals surface area (Å²) < 4.78 is 5.83. The van der Waals surface area contributed by atoms with Gasteiger partial charge in [0.25, 0.3) is 0 Å². The van der Waals surface area contributed by atoms with Gasteiger partial charge in [-0.3, -0.25) is 4.98 Å². The van der Waals surface area contributed by atoms with Crippen LogP contribution in [0.5, 0.6) is 0 Å². The highest BCUT2D eigenvalue weighted by atomic mass is 16.4. The van der Waals surface area contributed by atoms with E-state index in [1.54, 1.807) is 12.4 Å². The lowest BCUT2D eigenvalue weighted by Crippen LogP contribution is -2.30. The minimum atomic E-state index is 0.221. The van der Waals surface area contributed by atoms with Crippen LogP contribution in [0.2, 0.25) is 0 Å². The van der Waals surface area contributed by atoms with Gasteiger partial charge in [0.15, 0.2) is 0 Å². The van der Waals surface area contributed by atoms with Gasteiger partial charge >= 0.3 is 0 Å². The molecule has 0 radical (unpaired) electrons. The Hall–Kier alpha value is -2.01. The standard InChI is InChI=1S/C19H25N3O2/c1-12(2)17-8-15(13(3)7-16(17)11-23)9-18-21-22-19(24-18)14-5-4-6-20-10-14/h4-7,10,12,15-17,23H,8-9,11H2,1-3H3. The number of aliphatic hydroxyl groups is 1. The zero-order chi connectivity index (χ0) is 17.1. The highest BCUT2D eigenvalue weighted by Crippen LogP contribution is 2.38. The van der Waals surface area contributed by atoms with E-state index in [1.165, 1.54) is 5.57 Å². The molecule has 1 aliphatic carbocycles. The van der Waals surface area contributed by atoms with Crippen LogP contribution in [-0.2, 0) is 6.42 Å². The van der Waals surface area contributed by atoms with E-state index in [9.17, 15) is 5.11 Å². The van der Waals surface area contributed by atoms with Gasteiger partial charge < -0.3 is 9.52 Å². The van der Waals surface area contributed by atoms with Crippen LogP contribution in [0.25, 0.3) is 11.5 Å². The summed E-state index contributed by atoms with van der Waals surface area (Å²) in [5, 5.41) is 18.0. The molecule has 0 bridgehead atoms. The Morgan fingerprint density at radius 3 is 2.83 bits per heavy atom. The molecule has 0 amide bonds. The molecular formula is C19H25N3O2. The van der Waals surface area contributed by atoms with Crippen molar-refractivity contribution >= 4 is 0 Å². The number of nitrogens with zero attached hydrogens (tertiary/aromatic N) is 3. The molecule has 0 aliphatic heterocycles. The van der Waals surface area contributed by atoms with Gasteiger partial charge in [0, 0.05) is 31.3 Å². The third-order valence-corrected chi connectivity index (χ3v) is 5.09. The van der Waals surface area contributed by atoms with E-state index < -0.39 is 0 Å². The average Bonchev–Trinajstić information content (AvgIpc) is 3.05. The minimum absolute atomic E-state index is 0.221. The first kappa shape index (κ1) is 16.8. The van der Waals surface area contributed by atoms with Crippen LogP contribution in [0.15, 0.2) is 40.6 Å². The van der Waals surface area contributed by atoms with Crippen LogP contribution in [0, 0.1) is 23.7 Å². The van der Waals surface area contributed by atoms with E-state index in [4.69, 9.17) is 4.42 Å². The summed E-state index contributed by atoms with van der Waals surface area (Å²) in [6.07, 6.45) is 7.48. The first-order valence-corrected chi connectivity index (χ1v) is 8.60. The Balaban J connectivity index is 1.75. The monoisotopic (exact) mass is 327 g/mol. The van der Waals surface area contributed by atoms with E-state index >= 15 is 0 Å². The molecule has 1 aliphatic rings. The highest BCUT2D eigenvalue weighted by Gasteiger charge is 2.32. The number of pyridine rings is 1. The van der Waals surface area contributed by atoms with E-state index in [1.807, 2.05) is 12.1 Å². The molecule has 1 N–H and O–H groups in total. The zero-order valence-corrected chi connectivity index (χ0v) is 14.5. The molecule has 0 aromatic carbocycles. The quantitative estimate of drug-likeness (QED) is 0.851. The summed E-state index contributed by atoms with van der Waals surface area (Å²) in [6, 6.07) is 3.77. The molecule has 3 atom stereocenters. The highest BCUT2D eigenvalue weighted by molar-refractivity contribution is 5.49. The zero-order valence-electron chi connectivity index (χ0n) is 14.5. The second kappa shape index (κ2) is 7.26. The van der Waals surface area contributed by atoms with E-state index in [0.29, 0.717) is 29.5 Å². The summed E-state index contributed by atoms with van der Waals surface area (Å²) in [7, 11) is 0. The number of hydrogen-bond acceptors (Lipinski definition) is 5. The van der Waals surface area contributed by atoms with Crippen molar-refractivity contribution in [1.29, 1.82) is 0 Å². The molecule has 2 heterocycles. The summed E-state index contributed by atoms with van der Waals surface area (Å²) in [4.78, 5) is 4.08. The molecular weight excluding hydrogens is 302 g/mol. The number of rotatable bonds is 5. The van der Waals surface area contributed by atoms with Gasteiger partial charge in [-0.2, -0.15) is 0 Å². The fraction of sp³-hybridized carbons (Fsp3) is 0.526. The lowest BCUT2D eigenvalue weighted by atomic mass is 9.70. The third kappa shape index (κ3) is 3.56. The van der Waals surface area contributed by atoms with Crippen LogP contribution in [0.3, 0.4) is 0 Å². The fourth-order valence-corrected chi connectivity index (χ4v) is 3.64. The molecule has 2 aromatic rings.